The molecule has 5 rings (SSSR count). The van der Waals surface area contributed by atoms with Gasteiger partial charge >= 0.3 is 0 Å². The predicted octanol–water partition coefficient (Wildman–Crippen LogP) is 4.60. The second-order valence-electron chi connectivity index (χ2n) is 8.89. The molecule has 0 saturated carbocycles. The molecule has 0 bridgehead atoms. The van der Waals surface area contributed by atoms with E-state index in [4.69, 9.17) is 4.98 Å². The Bertz CT molecular complexity index is 1270. The number of pyridine rings is 1. The van der Waals surface area contributed by atoms with E-state index in [0.29, 0.717) is 24.9 Å². The molecular formula is C27H26FN3O2. The van der Waals surface area contributed by atoms with Gasteiger partial charge in [0.2, 0.25) is 5.91 Å². The number of allylic oxidation sites excluding steroid dienone is 1. The van der Waals surface area contributed by atoms with E-state index in [1.165, 1.54) is 12.1 Å². The lowest BCUT2D eigenvalue weighted by molar-refractivity contribution is -0.132. The number of carbonyl (C=O) groups excluding carboxylic acids is 2. The molecule has 1 aromatic heterocycles. The lowest BCUT2D eigenvalue weighted by atomic mass is 9.85. The van der Waals surface area contributed by atoms with Crippen LogP contribution in [0.4, 0.5) is 4.39 Å². The fourth-order valence-electron chi connectivity index (χ4n) is 4.88. The lowest BCUT2D eigenvalue weighted by Crippen LogP contribution is -2.48. The topological polar surface area (TPSA) is 62.3 Å². The Morgan fingerprint density at radius 1 is 1.12 bits per heavy atom. The van der Waals surface area contributed by atoms with Gasteiger partial charge in [-0.25, -0.2) is 9.37 Å². The molecule has 1 unspecified atom stereocenters. The van der Waals surface area contributed by atoms with Crippen LogP contribution in [0.5, 0.6) is 0 Å². The summed E-state index contributed by atoms with van der Waals surface area (Å²) in [5.74, 6) is -0.261. The van der Waals surface area contributed by atoms with Gasteiger partial charge in [-0.15, -0.1) is 0 Å². The number of hydrogen-bond donors (Lipinski definition) is 1. The number of likely N-dealkylation sites (tertiary alicyclic amines) is 1. The molecule has 1 atom stereocenters. The quantitative estimate of drug-likeness (QED) is 0.644. The van der Waals surface area contributed by atoms with Gasteiger partial charge < -0.3 is 10.2 Å². The van der Waals surface area contributed by atoms with E-state index < -0.39 is 0 Å². The lowest BCUT2D eigenvalue weighted by Gasteiger charge is -2.31. The monoisotopic (exact) mass is 443 g/mol. The molecule has 2 amide bonds. The van der Waals surface area contributed by atoms with Gasteiger partial charge in [0.25, 0.3) is 5.91 Å². The molecule has 33 heavy (non-hydrogen) atoms. The molecule has 2 heterocycles. The first kappa shape index (κ1) is 21.3. The molecule has 2 aliphatic rings. The number of amides is 2. The number of piperidine rings is 1. The highest BCUT2D eigenvalue weighted by molar-refractivity contribution is 6.09. The van der Waals surface area contributed by atoms with Gasteiger partial charge in [-0.2, -0.15) is 0 Å². The molecule has 0 spiro atoms. The standard InChI is InChI=1S/C27H26FN3O2/c1-31-16-20(13-14-24(31)32)29-27(33)25-21-6-2-3-8-23(21)30-26-18(5-4-7-22(25)26)15-17-9-11-19(28)12-10-17/h2-3,6,8-12,15,20H,4-5,7,13-14,16H2,1H3,(H,29,33)/b18-15-. The fourth-order valence-corrected chi connectivity index (χ4v) is 4.88. The van der Waals surface area contributed by atoms with Crippen LogP contribution in [0.25, 0.3) is 22.6 Å². The van der Waals surface area contributed by atoms with Crippen molar-refractivity contribution in [2.75, 3.05) is 13.6 Å². The molecule has 6 heteroatoms. The maximum atomic E-state index is 13.6. The van der Waals surface area contributed by atoms with Gasteiger partial charge in [-0.3, -0.25) is 9.59 Å². The molecule has 1 N–H and O–H groups in total. The summed E-state index contributed by atoms with van der Waals surface area (Å²) in [6, 6.07) is 14.1. The number of nitrogens with one attached hydrogen (secondary N) is 1. The number of halogens is 1. The number of likely N-dealkylation sites (N-methyl/N-ethyl adjacent to an activating group) is 1. The smallest absolute Gasteiger partial charge is 0.252 e. The largest absolute Gasteiger partial charge is 0.347 e. The van der Waals surface area contributed by atoms with Crippen molar-refractivity contribution in [3.63, 3.8) is 0 Å². The Morgan fingerprint density at radius 2 is 1.91 bits per heavy atom. The zero-order chi connectivity index (χ0) is 22.9. The Balaban J connectivity index is 1.57. The molecule has 2 aromatic carbocycles. The molecule has 0 radical (unpaired) electrons. The fraction of sp³-hybridized carbons (Fsp3) is 0.296. The molecule has 168 valence electrons. The van der Waals surface area contributed by atoms with E-state index in [1.807, 2.05) is 30.3 Å². The van der Waals surface area contributed by atoms with Crippen LogP contribution in [0.2, 0.25) is 0 Å². The summed E-state index contributed by atoms with van der Waals surface area (Å²) in [5, 5.41) is 4.02. The summed E-state index contributed by atoms with van der Waals surface area (Å²) in [6.07, 6.45) is 5.69. The first-order valence-corrected chi connectivity index (χ1v) is 11.4. The van der Waals surface area contributed by atoms with Crippen LogP contribution in [-0.4, -0.2) is 41.3 Å². The highest BCUT2D eigenvalue weighted by Gasteiger charge is 2.28. The summed E-state index contributed by atoms with van der Waals surface area (Å²) in [6.45, 7) is 0.519. The summed E-state index contributed by atoms with van der Waals surface area (Å²) >= 11 is 0. The molecule has 1 aliphatic heterocycles. The van der Waals surface area contributed by atoms with Crippen molar-refractivity contribution in [2.45, 2.75) is 38.1 Å². The molecule has 3 aromatic rings. The van der Waals surface area contributed by atoms with Gasteiger partial charge in [-0.1, -0.05) is 30.3 Å². The number of aromatic nitrogens is 1. The number of fused-ring (bicyclic) bond motifs is 2. The van der Waals surface area contributed by atoms with Crippen molar-refractivity contribution in [2.24, 2.45) is 0 Å². The minimum absolute atomic E-state index is 0.0689. The van der Waals surface area contributed by atoms with Crippen LogP contribution < -0.4 is 5.32 Å². The van der Waals surface area contributed by atoms with Crippen LogP contribution in [0, 0.1) is 5.82 Å². The van der Waals surface area contributed by atoms with E-state index >= 15 is 0 Å². The van der Waals surface area contributed by atoms with Crippen molar-refractivity contribution in [1.29, 1.82) is 0 Å². The average molecular weight is 444 g/mol. The van der Waals surface area contributed by atoms with Crippen molar-refractivity contribution in [1.82, 2.24) is 15.2 Å². The first-order chi connectivity index (χ1) is 16.0. The van der Waals surface area contributed by atoms with Gasteiger partial charge in [0.15, 0.2) is 0 Å². The summed E-state index contributed by atoms with van der Waals surface area (Å²) in [7, 11) is 1.77. The Morgan fingerprint density at radius 3 is 2.70 bits per heavy atom. The van der Waals surface area contributed by atoms with E-state index in [1.54, 1.807) is 24.1 Å². The van der Waals surface area contributed by atoms with E-state index in [0.717, 1.165) is 52.6 Å². The maximum Gasteiger partial charge on any atom is 0.252 e. The predicted molar refractivity (Wildman–Crippen MR) is 127 cm³/mol. The minimum atomic E-state index is -0.265. The number of rotatable bonds is 3. The van der Waals surface area contributed by atoms with Crippen LogP contribution in [-0.2, 0) is 11.2 Å². The summed E-state index contributed by atoms with van der Waals surface area (Å²) in [5.41, 5.74) is 5.25. The zero-order valence-corrected chi connectivity index (χ0v) is 18.6. The van der Waals surface area contributed by atoms with Crippen LogP contribution >= 0.6 is 0 Å². The zero-order valence-electron chi connectivity index (χ0n) is 18.6. The van der Waals surface area contributed by atoms with Crippen LogP contribution in [0.1, 0.15) is 52.9 Å². The van der Waals surface area contributed by atoms with Gasteiger partial charge in [0.1, 0.15) is 5.82 Å². The highest BCUT2D eigenvalue weighted by atomic mass is 19.1. The number of hydrogen-bond acceptors (Lipinski definition) is 3. The number of benzene rings is 2. The highest BCUT2D eigenvalue weighted by Crippen LogP contribution is 2.36. The van der Waals surface area contributed by atoms with Gasteiger partial charge in [-0.05, 0) is 66.7 Å². The maximum absolute atomic E-state index is 13.6. The normalized spacial score (nSPS) is 19.6. The van der Waals surface area contributed by atoms with Gasteiger partial charge in [0.05, 0.1) is 16.8 Å². The van der Waals surface area contributed by atoms with E-state index in [2.05, 4.69) is 5.32 Å². The third-order valence-corrected chi connectivity index (χ3v) is 6.57. The van der Waals surface area contributed by atoms with Crippen LogP contribution in [0.3, 0.4) is 0 Å². The number of nitrogens with zero attached hydrogens (tertiary/aromatic N) is 2. The van der Waals surface area contributed by atoms with Crippen molar-refractivity contribution >= 4 is 34.4 Å². The Kier molecular flexibility index (Phi) is 5.67. The summed E-state index contributed by atoms with van der Waals surface area (Å²) < 4.78 is 13.4. The summed E-state index contributed by atoms with van der Waals surface area (Å²) in [4.78, 5) is 32.1. The average Bonchev–Trinajstić information content (AvgIpc) is 2.81. The van der Waals surface area contributed by atoms with Crippen molar-refractivity contribution in [3.05, 3.63) is 76.7 Å². The second-order valence-corrected chi connectivity index (χ2v) is 8.89. The SMILES string of the molecule is CN1CC(NC(=O)c2c3c(nc4ccccc24)/C(=C\c2ccc(F)cc2)CCC3)CCC1=O. The van der Waals surface area contributed by atoms with E-state index in [9.17, 15) is 14.0 Å². The van der Waals surface area contributed by atoms with Crippen LogP contribution in [0.15, 0.2) is 48.5 Å². The molecule has 1 aliphatic carbocycles. The first-order valence-electron chi connectivity index (χ1n) is 11.4. The third kappa shape index (κ3) is 4.25. The van der Waals surface area contributed by atoms with Crippen molar-refractivity contribution < 1.29 is 14.0 Å². The third-order valence-electron chi connectivity index (χ3n) is 6.57. The molecule has 5 nitrogen and oxygen atoms in total. The number of carbonyl (C=O) groups is 2. The molecular weight excluding hydrogens is 417 g/mol. The van der Waals surface area contributed by atoms with Crippen molar-refractivity contribution in [3.8, 4) is 0 Å². The second kappa shape index (κ2) is 8.77. The van der Waals surface area contributed by atoms with E-state index in [-0.39, 0.29) is 23.7 Å². The minimum Gasteiger partial charge on any atom is -0.347 e. The Hall–Kier alpha value is -3.54. The molecule has 1 fully saturated rings. The molecule has 1 saturated heterocycles. The Labute approximate surface area is 192 Å². The number of para-hydroxylation sites is 1. The van der Waals surface area contributed by atoms with Gasteiger partial charge in [0, 0.05) is 31.4 Å².